The van der Waals surface area contributed by atoms with E-state index in [9.17, 15) is 14.0 Å². The molecule has 2 heterocycles. The maximum absolute atomic E-state index is 14.3. The Morgan fingerprint density at radius 2 is 2.06 bits per heavy atom. The Morgan fingerprint density at radius 3 is 2.75 bits per heavy atom. The fourth-order valence-corrected chi connectivity index (χ4v) is 3.56. The number of hydrogen-bond acceptors (Lipinski definition) is 5. The number of pyridine rings is 1. The van der Waals surface area contributed by atoms with Crippen LogP contribution in [0.1, 0.15) is 31.5 Å². The van der Waals surface area contributed by atoms with Gasteiger partial charge in [0.25, 0.3) is 0 Å². The summed E-state index contributed by atoms with van der Waals surface area (Å²) in [4.78, 5) is 32.3. The summed E-state index contributed by atoms with van der Waals surface area (Å²) in [6.45, 7) is 7.59. The van der Waals surface area contributed by atoms with Gasteiger partial charge in [0.1, 0.15) is 5.82 Å². The highest BCUT2D eigenvalue weighted by atomic mass is 19.1. The second-order valence-corrected chi connectivity index (χ2v) is 8.30. The topological polar surface area (TPSA) is 86.8 Å². The number of likely N-dealkylation sites (tertiary alicyclic amines) is 1. The summed E-state index contributed by atoms with van der Waals surface area (Å²) >= 11 is 0. The fourth-order valence-electron chi connectivity index (χ4n) is 3.56. The van der Waals surface area contributed by atoms with Crippen LogP contribution in [0.4, 0.5) is 25.4 Å². The van der Waals surface area contributed by atoms with Crippen molar-refractivity contribution in [3.63, 3.8) is 0 Å². The van der Waals surface area contributed by atoms with Crippen LogP contribution in [0, 0.1) is 12.7 Å². The molecule has 2 N–H and O–H groups in total. The highest BCUT2D eigenvalue weighted by molar-refractivity contribution is 5.99. The third-order valence-electron chi connectivity index (χ3n) is 5.27. The summed E-state index contributed by atoms with van der Waals surface area (Å²) in [5, 5.41) is 5.20. The van der Waals surface area contributed by atoms with Crippen LogP contribution in [0.3, 0.4) is 0 Å². The summed E-state index contributed by atoms with van der Waals surface area (Å²) in [6.07, 6.45) is 1.89. The molecule has 0 radical (unpaired) electrons. The van der Waals surface area contributed by atoms with E-state index >= 15 is 0 Å². The smallest absolute Gasteiger partial charge is 0.410 e. The highest BCUT2D eigenvalue weighted by Crippen LogP contribution is 2.22. The number of benzene rings is 1. The van der Waals surface area contributed by atoms with E-state index in [1.165, 1.54) is 6.07 Å². The zero-order chi connectivity index (χ0) is 23.3. The van der Waals surface area contributed by atoms with Crippen LogP contribution < -0.4 is 10.6 Å². The number of amides is 3. The maximum atomic E-state index is 14.3. The van der Waals surface area contributed by atoms with Crippen molar-refractivity contribution in [2.75, 3.05) is 30.8 Å². The molecule has 32 heavy (non-hydrogen) atoms. The number of halogens is 1. The molecule has 3 rings (SSSR count). The van der Waals surface area contributed by atoms with E-state index in [0.717, 1.165) is 24.2 Å². The lowest BCUT2D eigenvalue weighted by Gasteiger charge is -2.25. The number of anilines is 2. The molecule has 0 bridgehead atoms. The third-order valence-corrected chi connectivity index (χ3v) is 5.27. The first-order chi connectivity index (χ1) is 15.2. The molecule has 1 aromatic heterocycles. The van der Waals surface area contributed by atoms with Gasteiger partial charge in [0.15, 0.2) is 0 Å². The zero-order valence-corrected chi connectivity index (χ0v) is 18.9. The van der Waals surface area contributed by atoms with E-state index in [4.69, 9.17) is 4.74 Å². The van der Waals surface area contributed by atoms with Gasteiger partial charge >= 0.3 is 12.1 Å². The first-order valence-electron chi connectivity index (χ1n) is 10.7. The largest absolute Gasteiger partial charge is 0.447 e. The molecule has 2 aromatic rings. The predicted molar refractivity (Wildman–Crippen MR) is 121 cm³/mol. The van der Waals surface area contributed by atoms with Crippen molar-refractivity contribution in [2.45, 2.75) is 45.9 Å². The molecule has 0 unspecified atom stereocenters. The van der Waals surface area contributed by atoms with Gasteiger partial charge in [0, 0.05) is 38.4 Å². The van der Waals surface area contributed by atoms with Crippen molar-refractivity contribution in [3.8, 4) is 0 Å². The van der Waals surface area contributed by atoms with Crippen molar-refractivity contribution < 1.29 is 18.7 Å². The molecule has 0 aliphatic carbocycles. The molecule has 0 spiro atoms. The van der Waals surface area contributed by atoms with Crippen molar-refractivity contribution in [1.82, 2.24) is 14.8 Å². The van der Waals surface area contributed by atoms with Crippen molar-refractivity contribution >= 4 is 23.5 Å². The second-order valence-electron chi connectivity index (χ2n) is 8.30. The quantitative estimate of drug-likeness (QED) is 0.698. The van der Waals surface area contributed by atoms with Gasteiger partial charge in [-0.05, 0) is 57.0 Å². The minimum atomic E-state index is -0.543. The minimum absolute atomic E-state index is 0.0631. The van der Waals surface area contributed by atoms with Crippen molar-refractivity contribution in [3.05, 3.63) is 53.6 Å². The molecule has 1 aliphatic rings. The van der Waals surface area contributed by atoms with Crippen LogP contribution in [0.15, 0.2) is 36.5 Å². The van der Waals surface area contributed by atoms with Gasteiger partial charge in [-0.3, -0.25) is 9.88 Å². The lowest BCUT2D eigenvalue weighted by molar-refractivity contribution is 0.0730. The number of urea groups is 1. The number of nitrogens with zero attached hydrogens (tertiary/aromatic N) is 3. The van der Waals surface area contributed by atoms with Crippen LogP contribution >= 0.6 is 0 Å². The summed E-state index contributed by atoms with van der Waals surface area (Å²) in [5.74, 6) is -0.513. The number of rotatable bonds is 6. The van der Waals surface area contributed by atoms with Gasteiger partial charge in [-0.2, -0.15) is 0 Å². The predicted octanol–water partition coefficient (Wildman–Crippen LogP) is 4.22. The minimum Gasteiger partial charge on any atom is -0.447 e. The second kappa shape index (κ2) is 10.4. The molecule has 1 saturated heterocycles. The summed E-state index contributed by atoms with van der Waals surface area (Å²) < 4.78 is 19.5. The standard InChI is InChI=1S/C23H30FN5O3/c1-15(2)32-23(31)28(4)19-9-10-29(14-19)13-17-6-8-20(24)21(11-17)27-22(30)26-18-7-5-16(3)25-12-18/h5-8,11-12,15,19H,9-10,13-14H2,1-4H3,(H2,26,27,30)/t19-/m0/s1. The SMILES string of the molecule is Cc1ccc(NC(=O)Nc2cc(CN3CC[C@H](N(C)C(=O)OC(C)C)C3)ccc2F)cn1. The van der Waals surface area contributed by atoms with E-state index < -0.39 is 11.8 Å². The van der Waals surface area contributed by atoms with E-state index in [-0.39, 0.29) is 23.9 Å². The maximum Gasteiger partial charge on any atom is 0.410 e. The lowest BCUT2D eigenvalue weighted by atomic mass is 10.2. The molecule has 1 fully saturated rings. The number of carbonyl (C=O) groups excluding carboxylic acids is 2. The first kappa shape index (κ1) is 23.5. The van der Waals surface area contributed by atoms with Crippen molar-refractivity contribution in [2.24, 2.45) is 0 Å². The van der Waals surface area contributed by atoms with Crippen LogP contribution in [0.5, 0.6) is 0 Å². The molecule has 1 aliphatic heterocycles. The molecule has 0 saturated carbocycles. The number of aromatic nitrogens is 1. The van der Waals surface area contributed by atoms with E-state index in [1.54, 1.807) is 42.4 Å². The summed E-state index contributed by atoms with van der Waals surface area (Å²) in [7, 11) is 1.75. The fraction of sp³-hybridized carbons (Fsp3) is 0.435. The summed E-state index contributed by atoms with van der Waals surface area (Å²) in [5.41, 5.74) is 2.33. The van der Waals surface area contributed by atoms with Gasteiger partial charge in [-0.1, -0.05) is 6.07 Å². The first-order valence-corrected chi connectivity index (χ1v) is 10.7. The third kappa shape index (κ3) is 6.40. The van der Waals surface area contributed by atoms with Crippen LogP contribution in [-0.4, -0.2) is 59.2 Å². The number of hydrogen-bond donors (Lipinski definition) is 2. The average molecular weight is 444 g/mol. The Morgan fingerprint density at radius 1 is 1.28 bits per heavy atom. The highest BCUT2D eigenvalue weighted by Gasteiger charge is 2.29. The Labute approximate surface area is 187 Å². The summed E-state index contributed by atoms with van der Waals surface area (Å²) in [6, 6.07) is 7.70. The normalized spacial score (nSPS) is 16.1. The average Bonchev–Trinajstić information content (AvgIpc) is 3.19. The van der Waals surface area contributed by atoms with E-state index in [2.05, 4.69) is 20.5 Å². The van der Waals surface area contributed by atoms with E-state index in [0.29, 0.717) is 18.8 Å². The zero-order valence-electron chi connectivity index (χ0n) is 18.9. The lowest BCUT2D eigenvalue weighted by Crippen LogP contribution is -2.40. The van der Waals surface area contributed by atoms with Gasteiger partial charge in [-0.15, -0.1) is 0 Å². The molecule has 172 valence electrons. The Hall–Kier alpha value is -3.20. The van der Waals surface area contributed by atoms with E-state index in [1.807, 2.05) is 20.8 Å². The number of carbonyl (C=O) groups is 2. The number of nitrogens with one attached hydrogen (secondary N) is 2. The van der Waals surface area contributed by atoms with Gasteiger partial charge in [-0.25, -0.2) is 14.0 Å². The Balaban J connectivity index is 1.57. The molecule has 1 aromatic carbocycles. The molecular weight excluding hydrogens is 413 g/mol. The Kier molecular flexibility index (Phi) is 7.63. The van der Waals surface area contributed by atoms with Crippen LogP contribution in [0.2, 0.25) is 0 Å². The molecular formula is C23H30FN5O3. The molecule has 1 atom stereocenters. The van der Waals surface area contributed by atoms with Crippen LogP contribution in [0.25, 0.3) is 0 Å². The molecule has 9 heteroatoms. The van der Waals surface area contributed by atoms with Crippen LogP contribution in [-0.2, 0) is 11.3 Å². The molecule has 3 amide bonds. The number of likely N-dealkylation sites (N-methyl/N-ethyl adjacent to an activating group) is 1. The Bertz CT molecular complexity index is 951. The monoisotopic (exact) mass is 443 g/mol. The number of aryl methyl sites for hydroxylation is 1. The number of ether oxygens (including phenoxy) is 1. The molecule has 8 nitrogen and oxygen atoms in total. The van der Waals surface area contributed by atoms with Gasteiger partial charge in [0.05, 0.1) is 23.7 Å². The van der Waals surface area contributed by atoms with Gasteiger partial charge < -0.3 is 20.3 Å². The van der Waals surface area contributed by atoms with Crippen molar-refractivity contribution in [1.29, 1.82) is 0 Å². The van der Waals surface area contributed by atoms with Gasteiger partial charge in [0.2, 0.25) is 0 Å².